The van der Waals surface area contributed by atoms with E-state index in [1.807, 2.05) is 6.92 Å². The van der Waals surface area contributed by atoms with Crippen molar-refractivity contribution in [1.82, 2.24) is 19.8 Å². The summed E-state index contributed by atoms with van der Waals surface area (Å²) in [5.41, 5.74) is 5.85. The van der Waals surface area contributed by atoms with Gasteiger partial charge in [-0.3, -0.25) is 0 Å². The summed E-state index contributed by atoms with van der Waals surface area (Å²) in [6, 6.07) is 0.0784. The van der Waals surface area contributed by atoms with Crippen molar-refractivity contribution in [2.75, 3.05) is 7.11 Å². The van der Waals surface area contributed by atoms with E-state index in [9.17, 15) is 0 Å². The fraction of sp³-hybridized carbons (Fsp3) is 0.667. The highest BCUT2D eigenvalue weighted by molar-refractivity contribution is 7.16. The van der Waals surface area contributed by atoms with E-state index in [0.29, 0.717) is 6.61 Å². The minimum Gasteiger partial charge on any atom is -0.377 e. The van der Waals surface area contributed by atoms with Crippen LogP contribution in [0.4, 0.5) is 0 Å². The number of ether oxygens (including phenoxy) is 1. The van der Waals surface area contributed by atoms with E-state index in [1.165, 1.54) is 11.3 Å². The first-order valence-electron chi connectivity index (χ1n) is 5.09. The Morgan fingerprint density at radius 2 is 2.19 bits per heavy atom. The van der Waals surface area contributed by atoms with Crippen molar-refractivity contribution in [1.29, 1.82) is 0 Å². The molecule has 0 spiro atoms. The van der Waals surface area contributed by atoms with Crippen LogP contribution in [0.25, 0.3) is 4.96 Å². The number of nitrogens with two attached hydrogens (primary N) is 1. The van der Waals surface area contributed by atoms with Gasteiger partial charge in [0.25, 0.3) is 0 Å². The first-order chi connectivity index (χ1) is 7.63. The number of aromatic nitrogens is 4. The molecule has 0 bridgehead atoms. The largest absolute Gasteiger partial charge is 0.377 e. The Morgan fingerprint density at radius 1 is 1.44 bits per heavy atom. The molecule has 0 radical (unpaired) electrons. The van der Waals surface area contributed by atoms with E-state index in [0.717, 1.165) is 15.8 Å². The minimum absolute atomic E-state index is 0.0784. The first kappa shape index (κ1) is 11.4. The van der Waals surface area contributed by atoms with E-state index in [-0.39, 0.29) is 12.0 Å². The van der Waals surface area contributed by atoms with Gasteiger partial charge in [0.2, 0.25) is 4.96 Å². The Balaban J connectivity index is 2.36. The lowest BCUT2D eigenvalue weighted by molar-refractivity contribution is 0.176. The third kappa shape index (κ3) is 1.93. The molecule has 0 aliphatic heterocycles. The summed E-state index contributed by atoms with van der Waals surface area (Å²) in [5, 5.41) is 13.5. The van der Waals surface area contributed by atoms with Crippen molar-refractivity contribution < 1.29 is 4.74 Å². The summed E-state index contributed by atoms with van der Waals surface area (Å²) >= 11 is 1.52. The maximum absolute atomic E-state index is 5.85. The van der Waals surface area contributed by atoms with Gasteiger partial charge in [0.05, 0.1) is 0 Å². The van der Waals surface area contributed by atoms with Crippen molar-refractivity contribution in [2.24, 2.45) is 5.73 Å². The molecule has 2 heterocycles. The molecule has 2 N–H and O–H groups in total. The van der Waals surface area contributed by atoms with Gasteiger partial charge in [0.15, 0.2) is 5.82 Å². The van der Waals surface area contributed by atoms with Crippen LogP contribution in [0.1, 0.15) is 30.6 Å². The van der Waals surface area contributed by atoms with Gasteiger partial charge >= 0.3 is 0 Å². The summed E-state index contributed by atoms with van der Waals surface area (Å²) in [6.07, 6.45) is 0. The Bertz CT molecular complexity index is 477. The smallest absolute Gasteiger partial charge is 0.234 e. The number of methoxy groups -OCH3 is 1. The zero-order valence-electron chi connectivity index (χ0n) is 9.54. The lowest BCUT2D eigenvalue weighted by Gasteiger charge is -2.10. The third-order valence-corrected chi connectivity index (χ3v) is 3.62. The molecule has 2 aromatic rings. The quantitative estimate of drug-likeness (QED) is 0.856. The molecule has 0 aliphatic rings. The summed E-state index contributed by atoms with van der Waals surface area (Å²) in [6.45, 7) is 4.45. The molecule has 0 saturated heterocycles. The monoisotopic (exact) mass is 241 g/mol. The lowest BCUT2D eigenvalue weighted by Crippen LogP contribution is -2.22. The summed E-state index contributed by atoms with van der Waals surface area (Å²) < 4.78 is 6.75. The van der Waals surface area contributed by atoms with Gasteiger partial charge in [-0.05, 0) is 6.92 Å². The molecule has 88 valence electrons. The van der Waals surface area contributed by atoms with E-state index >= 15 is 0 Å². The van der Waals surface area contributed by atoms with Gasteiger partial charge in [0, 0.05) is 19.1 Å². The topological polar surface area (TPSA) is 78.3 Å². The molecule has 2 rings (SSSR count). The maximum Gasteiger partial charge on any atom is 0.234 e. The van der Waals surface area contributed by atoms with Gasteiger partial charge in [-0.15, -0.1) is 10.2 Å². The van der Waals surface area contributed by atoms with Crippen LogP contribution < -0.4 is 5.73 Å². The van der Waals surface area contributed by atoms with Crippen molar-refractivity contribution in [2.45, 2.75) is 32.4 Å². The van der Waals surface area contributed by atoms with Gasteiger partial charge in [0.1, 0.15) is 11.6 Å². The molecule has 2 atom stereocenters. The number of hydrogen-bond acceptors (Lipinski definition) is 6. The van der Waals surface area contributed by atoms with Crippen LogP contribution in [-0.2, 0) is 11.3 Å². The van der Waals surface area contributed by atoms with Gasteiger partial charge in [-0.25, -0.2) is 0 Å². The van der Waals surface area contributed by atoms with Crippen LogP contribution in [0.15, 0.2) is 0 Å². The fourth-order valence-electron chi connectivity index (χ4n) is 1.30. The Kier molecular flexibility index (Phi) is 3.17. The Labute approximate surface area is 97.4 Å². The molecule has 0 aromatic carbocycles. The Hall–Kier alpha value is -1.05. The standard InChI is InChI=1S/C9H15N5OS/c1-5(6(2)10)8-13-14-7(4-15-3)11-12-9(14)16-8/h5-6H,4,10H2,1-3H3. The molecule has 16 heavy (non-hydrogen) atoms. The second-order valence-electron chi connectivity index (χ2n) is 3.83. The molecule has 2 aromatic heterocycles. The summed E-state index contributed by atoms with van der Waals surface area (Å²) in [5.74, 6) is 0.943. The average molecular weight is 241 g/mol. The van der Waals surface area contributed by atoms with E-state index in [4.69, 9.17) is 10.5 Å². The molecular formula is C9H15N5OS. The van der Waals surface area contributed by atoms with Crippen molar-refractivity contribution in [3.05, 3.63) is 10.8 Å². The minimum atomic E-state index is 0.0784. The number of fused-ring (bicyclic) bond motifs is 1. The lowest BCUT2D eigenvalue weighted by atomic mass is 10.1. The van der Waals surface area contributed by atoms with E-state index in [2.05, 4.69) is 22.2 Å². The van der Waals surface area contributed by atoms with Crippen molar-refractivity contribution in [3.63, 3.8) is 0 Å². The van der Waals surface area contributed by atoms with Gasteiger partial charge in [-0.1, -0.05) is 18.3 Å². The predicted octanol–water partition coefficient (Wildman–Crippen LogP) is 0.783. The molecule has 7 heteroatoms. The Morgan fingerprint density at radius 3 is 2.81 bits per heavy atom. The fourth-order valence-corrected chi connectivity index (χ4v) is 2.32. The molecule has 0 saturated carbocycles. The van der Waals surface area contributed by atoms with Gasteiger partial charge in [-0.2, -0.15) is 9.61 Å². The highest BCUT2D eigenvalue weighted by atomic mass is 32.1. The third-order valence-electron chi connectivity index (χ3n) is 2.52. The van der Waals surface area contributed by atoms with E-state index in [1.54, 1.807) is 11.6 Å². The number of rotatable bonds is 4. The molecule has 0 amide bonds. The van der Waals surface area contributed by atoms with Crippen LogP contribution in [0.5, 0.6) is 0 Å². The molecule has 6 nitrogen and oxygen atoms in total. The van der Waals surface area contributed by atoms with Gasteiger partial charge < -0.3 is 10.5 Å². The second kappa shape index (κ2) is 4.44. The van der Waals surface area contributed by atoms with Crippen LogP contribution >= 0.6 is 11.3 Å². The maximum atomic E-state index is 5.85. The highest BCUT2D eigenvalue weighted by Crippen LogP contribution is 2.23. The summed E-state index contributed by atoms with van der Waals surface area (Å²) in [7, 11) is 1.62. The summed E-state index contributed by atoms with van der Waals surface area (Å²) in [4.78, 5) is 0.787. The van der Waals surface area contributed by atoms with E-state index < -0.39 is 0 Å². The highest BCUT2D eigenvalue weighted by Gasteiger charge is 2.18. The molecule has 0 fully saturated rings. The number of hydrogen-bond donors (Lipinski definition) is 1. The zero-order valence-corrected chi connectivity index (χ0v) is 10.4. The second-order valence-corrected chi connectivity index (χ2v) is 4.82. The number of nitrogens with zero attached hydrogens (tertiary/aromatic N) is 4. The average Bonchev–Trinajstić information content (AvgIpc) is 2.79. The SMILES string of the molecule is COCc1nnc2sc(C(C)C(C)N)nn12. The predicted molar refractivity (Wildman–Crippen MR) is 61.4 cm³/mol. The molecular weight excluding hydrogens is 226 g/mol. The normalized spacial score (nSPS) is 15.5. The van der Waals surface area contributed by atoms with Crippen molar-refractivity contribution in [3.8, 4) is 0 Å². The zero-order chi connectivity index (χ0) is 11.7. The van der Waals surface area contributed by atoms with Crippen LogP contribution in [0.3, 0.4) is 0 Å². The van der Waals surface area contributed by atoms with Crippen LogP contribution in [0.2, 0.25) is 0 Å². The molecule has 0 aliphatic carbocycles. The van der Waals surface area contributed by atoms with Crippen LogP contribution in [0, 0.1) is 0 Å². The molecule has 2 unspecified atom stereocenters. The van der Waals surface area contributed by atoms with Crippen molar-refractivity contribution >= 4 is 16.3 Å². The first-order valence-corrected chi connectivity index (χ1v) is 5.90. The van der Waals surface area contributed by atoms with Crippen LogP contribution in [-0.4, -0.2) is 33.0 Å².